The third-order valence-electron chi connectivity index (χ3n) is 2.11. The number of nitrogens with one attached hydrogen (secondary N) is 1. The Kier molecular flexibility index (Phi) is 3.49. The maximum absolute atomic E-state index is 11.1. The largest absolute Gasteiger partial charge is 0.284 e. The van der Waals surface area contributed by atoms with Crippen molar-refractivity contribution in [3.8, 4) is 11.3 Å². The van der Waals surface area contributed by atoms with Crippen molar-refractivity contribution in [2.45, 2.75) is 0 Å². The van der Waals surface area contributed by atoms with Crippen molar-refractivity contribution in [1.82, 2.24) is 9.97 Å². The minimum absolute atomic E-state index is 0.172. The van der Waals surface area contributed by atoms with E-state index in [1.54, 1.807) is 36.5 Å². The molecule has 0 amide bonds. The topological polar surface area (TPSA) is 72.0 Å². The molecule has 0 saturated heterocycles. The zero-order valence-corrected chi connectivity index (χ0v) is 11.0. The Morgan fingerprint density at radius 2 is 1.83 bits per heavy atom. The number of benzene rings is 1. The van der Waals surface area contributed by atoms with Gasteiger partial charge in [0.2, 0.25) is 15.3 Å². The lowest BCUT2D eigenvalue weighted by molar-refractivity contribution is 0.607. The molecule has 0 bridgehead atoms. The summed E-state index contributed by atoms with van der Waals surface area (Å²) in [6.07, 6.45) is 2.67. The molecule has 0 atom stereocenters. The van der Waals surface area contributed by atoms with Gasteiger partial charge < -0.3 is 0 Å². The van der Waals surface area contributed by atoms with Crippen molar-refractivity contribution < 1.29 is 8.42 Å². The maximum Gasteiger partial charge on any atom is 0.229 e. The zero-order valence-electron chi connectivity index (χ0n) is 9.46. The van der Waals surface area contributed by atoms with Gasteiger partial charge in [0, 0.05) is 17.4 Å². The van der Waals surface area contributed by atoms with E-state index < -0.39 is 10.0 Å². The summed E-state index contributed by atoms with van der Waals surface area (Å²) in [6, 6.07) is 8.56. The van der Waals surface area contributed by atoms with E-state index in [2.05, 4.69) is 14.7 Å². The van der Waals surface area contributed by atoms with Gasteiger partial charge in [0.25, 0.3) is 0 Å². The highest BCUT2D eigenvalue weighted by atomic mass is 35.5. The van der Waals surface area contributed by atoms with Crippen molar-refractivity contribution in [2.75, 3.05) is 11.0 Å². The number of nitrogens with zero attached hydrogens (tertiary/aromatic N) is 2. The summed E-state index contributed by atoms with van der Waals surface area (Å²) in [7, 11) is -3.26. The van der Waals surface area contributed by atoms with Crippen LogP contribution in [0.15, 0.2) is 36.5 Å². The molecule has 0 unspecified atom stereocenters. The summed E-state index contributed by atoms with van der Waals surface area (Å²) in [5.74, 6) is 0. The van der Waals surface area contributed by atoms with Crippen LogP contribution in [0.5, 0.6) is 0 Å². The Labute approximate surface area is 110 Å². The summed E-state index contributed by atoms with van der Waals surface area (Å²) >= 11 is 5.70. The van der Waals surface area contributed by atoms with E-state index in [0.717, 1.165) is 11.8 Å². The molecule has 0 radical (unpaired) electrons. The van der Waals surface area contributed by atoms with Gasteiger partial charge in [0.05, 0.1) is 11.9 Å². The highest BCUT2D eigenvalue weighted by molar-refractivity contribution is 7.92. The van der Waals surface area contributed by atoms with Gasteiger partial charge in [-0.2, -0.15) is 0 Å². The Morgan fingerprint density at radius 3 is 2.39 bits per heavy atom. The SMILES string of the molecule is CS(=O)(=O)Nc1ccc(-c2ccnc(Cl)n2)cc1. The molecule has 0 saturated carbocycles. The van der Waals surface area contributed by atoms with E-state index in [0.29, 0.717) is 11.4 Å². The second kappa shape index (κ2) is 4.91. The van der Waals surface area contributed by atoms with Gasteiger partial charge in [-0.15, -0.1) is 0 Å². The zero-order chi connectivity index (χ0) is 13.2. The van der Waals surface area contributed by atoms with Crippen molar-refractivity contribution in [3.63, 3.8) is 0 Å². The molecule has 94 valence electrons. The number of hydrogen-bond donors (Lipinski definition) is 1. The maximum atomic E-state index is 11.1. The third kappa shape index (κ3) is 3.41. The average molecular weight is 284 g/mol. The van der Waals surface area contributed by atoms with E-state index in [9.17, 15) is 8.42 Å². The van der Waals surface area contributed by atoms with Crippen LogP contribution in [-0.2, 0) is 10.0 Å². The fraction of sp³-hybridized carbons (Fsp3) is 0.0909. The lowest BCUT2D eigenvalue weighted by Gasteiger charge is -2.05. The predicted molar refractivity (Wildman–Crippen MR) is 70.9 cm³/mol. The number of anilines is 1. The Morgan fingerprint density at radius 1 is 1.17 bits per heavy atom. The molecule has 2 rings (SSSR count). The minimum Gasteiger partial charge on any atom is -0.284 e. The standard InChI is InChI=1S/C11H10ClN3O2S/c1-18(16,17)15-9-4-2-8(3-5-9)10-6-7-13-11(12)14-10/h2-7,15H,1H3. The predicted octanol–water partition coefficient (Wildman–Crippen LogP) is 2.17. The van der Waals surface area contributed by atoms with Crippen LogP contribution in [-0.4, -0.2) is 24.6 Å². The average Bonchev–Trinajstić information content (AvgIpc) is 2.28. The van der Waals surface area contributed by atoms with Crippen LogP contribution in [0.3, 0.4) is 0 Å². The van der Waals surface area contributed by atoms with E-state index in [4.69, 9.17) is 11.6 Å². The normalized spacial score (nSPS) is 11.2. The molecule has 0 fully saturated rings. The first-order chi connectivity index (χ1) is 8.44. The summed E-state index contributed by atoms with van der Waals surface area (Å²) in [5.41, 5.74) is 2.01. The molecule has 1 N–H and O–H groups in total. The van der Waals surface area contributed by atoms with Crippen LogP contribution in [0, 0.1) is 0 Å². The molecule has 7 heteroatoms. The molecule has 18 heavy (non-hydrogen) atoms. The molecule has 0 aliphatic carbocycles. The summed E-state index contributed by atoms with van der Waals surface area (Å²) in [4.78, 5) is 7.86. The van der Waals surface area contributed by atoms with Crippen LogP contribution in [0.2, 0.25) is 5.28 Å². The number of aromatic nitrogens is 2. The summed E-state index contributed by atoms with van der Waals surface area (Å²) in [6.45, 7) is 0. The van der Waals surface area contributed by atoms with Crippen LogP contribution >= 0.6 is 11.6 Å². The van der Waals surface area contributed by atoms with Gasteiger partial charge >= 0.3 is 0 Å². The molecule has 0 spiro atoms. The third-order valence-corrected chi connectivity index (χ3v) is 2.90. The highest BCUT2D eigenvalue weighted by Crippen LogP contribution is 2.20. The lowest BCUT2D eigenvalue weighted by Crippen LogP contribution is -2.09. The highest BCUT2D eigenvalue weighted by Gasteiger charge is 2.03. The van der Waals surface area contributed by atoms with Gasteiger partial charge in [0.1, 0.15) is 0 Å². The first-order valence-electron chi connectivity index (χ1n) is 5.01. The molecule has 1 aromatic heterocycles. The fourth-order valence-corrected chi connectivity index (χ4v) is 2.13. The lowest BCUT2D eigenvalue weighted by atomic mass is 10.1. The fourth-order valence-electron chi connectivity index (χ4n) is 1.42. The number of hydrogen-bond acceptors (Lipinski definition) is 4. The molecule has 5 nitrogen and oxygen atoms in total. The first kappa shape index (κ1) is 12.8. The Hall–Kier alpha value is -1.66. The summed E-state index contributed by atoms with van der Waals surface area (Å²) < 4.78 is 24.5. The van der Waals surface area contributed by atoms with Crippen LogP contribution in [0.25, 0.3) is 11.3 Å². The second-order valence-electron chi connectivity index (χ2n) is 3.66. The van der Waals surface area contributed by atoms with E-state index >= 15 is 0 Å². The quantitative estimate of drug-likeness (QED) is 0.876. The van der Waals surface area contributed by atoms with E-state index in [1.807, 2.05) is 0 Å². The van der Waals surface area contributed by atoms with Crippen LogP contribution < -0.4 is 4.72 Å². The van der Waals surface area contributed by atoms with Gasteiger partial charge in [-0.25, -0.2) is 18.4 Å². The first-order valence-corrected chi connectivity index (χ1v) is 7.28. The van der Waals surface area contributed by atoms with Gasteiger partial charge in [-0.05, 0) is 29.8 Å². The van der Waals surface area contributed by atoms with Crippen LogP contribution in [0.1, 0.15) is 0 Å². The molecule has 0 aliphatic rings. The number of halogens is 1. The molecule has 1 heterocycles. The van der Waals surface area contributed by atoms with Gasteiger partial charge in [0.15, 0.2) is 0 Å². The van der Waals surface area contributed by atoms with Crippen LogP contribution in [0.4, 0.5) is 5.69 Å². The Bertz CT molecular complexity index is 656. The monoisotopic (exact) mass is 283 g/mol. The van der Waals surface area contributed by atoms with Crippen molar-refractivity contribution >= 4 is 27.3 Å². The molecule has 2 aromatic rings. The van der Waals surface area contributed by atoms with Crippen molar-refractivity contribution in [3.05, 3.63) is 41.8 Å². The van der Waals surface area contributed by atoms with E-state index in [1.165, 1.54) is 0 Å². The molecular formula is C11H10ClN3O2S. The molecule has 1 aromatic carbocycles. The van der Waals surface area contributed by atoms with E-state index in [-0.39, 0.29) is 5.28 Å². The number of sulfonamides is 1. The number of rotatable bonds is 3. The second-order valence-corrected chi connectivity index (χ2v) is 5.75. The van der Waals surface area contributed by atoms with Crippen molar-refractivity contribution in [1.29, 1.82) is 0 Å². The Balaban J connectivity index is 2.28. The summed E-state index contributed by atoms with van der Waals surface area (Å²) in [5, 5.41) is 0.172. The molecule has 0 aliphatic heterocycles. The van der Waals surface area contributed by atoms with Gasteiger partial charge in [-0.1, -0.05) is 12.1 Å². The molecular weight excluding hydrogens is 274 g/mol. The van der Waals surface area contributed by atoms with Crippen molar-refractivity contribution in [2.24, 2.45) is 0 Å². The minimum atomic E-state index is -3.26. The van der Waals surface area contributed by atoms with Gasteiger partial charge in [-0.3, -0.25) is 4.72 Å². The smallest absolute Gasteiger partial charge is 0.229 e.